The SMILES string of the molecule is C[C@H](NS(=O)(=O)c1ccc(C(=O)O)cc1)c1ccccc1. The molecular formula is C15H15NO4S. The van der Waals surface area contributed by atoms with Crippen molar-refractivity contribution >= 4 is 16.0 Å². The average molecular weight is 305 g/mol. The first-order chi connectivity index (χ1) is 9.90. The fourth-order valence-electron chi connectivity index (χ4n) is 1.89. The number of aromatic carboxylic acids is 1. The van der Waals surface area contributed by atoms with E-state index < -0.39 is 16.0 Å². The summed E-state index contributed by atoms with van der Waals surface area (Å²) in [6, 6.07) is 13.9. The highest BCUT2D eigenvalue weighted by atomic mass is 32.2. The van der Waals surface area contributed by atoms with Gasteiger partial charge in [0.05, 0.1) is 10.5 Å². The third kappa shape index (κ3) is 3.68. The van der Waals surface area contributed by atoms with Crippen LogP contribution in [0.1, 0.15) is 28.9 Å². The van der Waals surface area contributed by atoms with Gasteiger partial charge in [0.25, 0.3) is 0 Å². The highest BCUT2D eigenvalue weighted by molar-refractivity contribution is 7.89. The monoisotopic (exact) mass is 305 g/mol. The van der Waals surface area contributed by atoms with Crippen molar-refractivity contribution in [3.63, 3.8) is 0 Å². The Morgan fingerprint density at radius 1 is 1.05 bits per heavy atom. The maximum absolute atomic E-state index is 12.2. The minimum Gasteiger partial charge on any atom is -0.478 e. The lowest BCUT2D eigenvalue weighted by molar-refractivity contribution is 0.0696. The molecule has 0 saturated heterocycles. The van der Waals surface area contributed by atoms with Crippen molar-refractivity contribution in [3.05, 3.63) is 65.7 Å². The second-order valence-corrected chi connectivity index (χ2v) is 6.30. The molecule has 6 heteroatoms. The summed E-state index contributed by atoms with van der Waals surface area (Å²) in [6.45, 7) is 1.75. The summed E-state index contributed by atoms with van der Waals surface area (Å²) in [6.07, 6.45) is 0. The van der Waals surface area contributed by atoms with Crippen molar-refractivity contribution in [2.45, 2.75) is 17.9 Å². The van der Waals surface area contributed by atoms with Crippen LogP contribution in [-0.4, -0.2) is 19.5 Å². The molecule has 0 aliphatic carbocycles. The van der Waals surface area contributed by atoms with E-state index in [1.54, 1.807) is 6.92 Å². The van der Waals surface area contributed by atoms with Crippen LogP contribution in [0.4, 0.5) is 0 Å². The summed E-state index contributed by atoms with van der Waals surface area (Å²) in [5.74, 6) is -1.09. The molecule has 0 unspecified atom stereocenters. The minimum atomic E-state index is -3.69. The van der Waals surface area contributed by atoms with E-state index in [4.69, 9.17) is 5.11 Å². The van der Waals surface area contributed by atoms with Gasteiger partial charge in [-0.05, 0) is 36.8 Å². The molecule has 0 radical (unpaired) electrons. The normalized spacial score (nSPS) is 12.8. The molecule has 0 spiro atoms. The van der Waals surface area contributed by atoms with E-state index in [9.17, 15) is 13.2 Å². The highest BCUT2D eigenvalue weighted by Gasteiger charge is 2.18. The van der Waals surface area contributed by atoms with Crippen LogP contribution >= 0.6 is 0 Å². The maximum atomic E-state index is 12.2. The third-order valence-corrected chi connectivity index (χ3v) is 4.60. The number of benzene rings is 2. The Labute approximate surface area is 123 Å². The van der Waals surface area contributed by atoms with Crippen molar-refractivity contribution in [3.8, 4) is 0 Å². The quantitative estimate of drug-likeness (QED) is 0.888. The van der Waals surface area contributed by atoms with Gasteiger partial charge in [0, 0.05) is 6.04 Å². The van der Waals surface area contributed by atoms with Gasteiger partial charge in [-0.25, -0.2) is 17.9 Å². The summed E-state index contributed by atoms with van der Waals surface area (Å²) in [7, 11) is -3.69. The summed E-state index contributed by atoms with van der Waals surface area (Å²) >= 11 is 0. The van der Waals surface area contributed by atoms with Gasteiger partial charge in [-0.2, -0.15) is 0 Å². The van der Waals surface area contributed by atoms with Gasteiger partial charge < -0.3 is 5.11 Å². The van der Waals surface area contributed by atoms with Gasteiger partial charge in [-0.3, -0.25) is 0 Å². The molecule has 2 aromatic carbocycles. The zero-order chi connectivity index (χ0) is 15.5. The van der Waals surface area contributed by atoms with Crippen LogP contribution in [0.5, 0.6) is 0 Å². The van der Waals surface area contributed by atoms with E-state index >= 15 is 0 Å². The van der Waals surface area contributed by atoms with Gasteiger partial charge in [-0.1, -0.05) is 30.3 Å². The molecule has 0 aliphatic heterocycles. The van der Waals surface area contributed by atoms with E-state index in [0.717, 1.165) is 5.56 Å². The summed E-state index contributed by atoms with van der Waals surface area (Å²) in [4.78, 5) is 10.8. The Bertz CT molecular complexity index is 724. The lowest BCUT2D eigenvalue weighted by Gasteiger charge is -2.14. The molecule has 0 heterocycles. The highest BCUT2D eigenvalue weighted by Crippen LogP contribution is 2.17. The van der Waals surface area contributed by atoms with Gasteiger partial charge in [-0.15, -0.1) is 0 Å². The molecule has 0 aliphatic rings. The van der Waals surface area contributed by atoms with Gasteiger partial charge in [0.1, 0.15) is 0 Å². The Balaban J connectivity index is 2.20. The Hall–Kier alpha value is -2.18. The molecule has 2 rings (SSSR count). The van der Waals surface area contributed by atoms with E-state index in [0.29, 0.717) is 0 Å². The van der Waals surface area contributed by atoms with E-state index in [1.165, 1.54) is 24.3 Å². The van der Waals surface area contributed by atoms with Gasteiger partial charge in [0.15, 0.2) is 0 Å². The molecule has 0 saturated carbocycles. The smallest absolute Gasteiger partial charge is 0.335 e. The Kier molecular flexibility index (Phi) is 4.40. The minimum absolute atomic E-state index is 0.0373. The van der Waals surface area contributed by atoms with Crippen LogP contribution in [-0.2, 0) is 10.0 Å². The lowest BCUT2D eigenvalue weighted by Crippen LogP contribution is -2.26. The first-order valence-corrected chi connectivity index (χ1v) is 7.79. The summed E-state index contributed by atoms with van der Waals surface area (Å²) in [5, 5.41) is 8.81. The number of carboxylic acid groups (broad SMARTS) is 1. The number of carboxylic acids is 1. The molecule has 0 amide bonds. The predicted octanol–water partition coefficient (Wildman–Crippen LogP) is 2.42. The Morgan fingerprint density at radius 3 is 2.14 bits per heavy atom. The van der Waals surface area contributed by atoms with Crippen LogP contribution < -0.4 is 4.72 Å². The van der Waals surface area contributed by atoms with Crippen LogP contribution in [0.25, 0.3) is 0 Å². The van der Waals surface area contributed by atoms with E-state index in [-0.39, 0.29) is 16.5 Å². The molecule has 2 aromatic rings. The van der Waals surface area contributed by atoms with Crippen molar-refractivity contribution < 1.29 is 18.3 Å². The van der Waals surface area contributed by atoms with Crippen molar-refractivity contribution in [1.82, 2.24) is 4.72 Å². The third-order valence-electron chi connectivity index (χ3n) is 3.04. The number of rotatable bonds is 5. The van der Waals surface area contributed by atoms with Gasteiger partial charge in [0.2, 0.25) is 10.0 Å². The second kappa shape index (κ2) is 6.07. The second-order valence-electron chi connectivity index (χ2n) is 4.58. The van der Waals surface area contributed by atoms with E-state index in [2.05, 4.69) is 4.72 Å². The largest absolute Gasteiger partial charge is 0.478 e. The number of hydrogen-bond donors (Lipinski definition) is 2. The lowest BCUT2D eigenvalue weighted by atomic mass is 10.1. The zero-order valence-corrected chi connectivity index (χ0v) is 12.2. The van der Waals surface area contributed by atoms with Crippen molar-refractivity contribution in [2.75, 3.05) is 0 Å². The molecule has 110 valence electrons. The molecule has 0 fully saturated rings. The van der Waals surface area contributed by atoms with Crippen LogP contribution in [0, 0.1) is 0 Å². The molecule has 21 heavy (non-hydrogen) atoms. The number of carbonyl (C=O) groups is 1. The number of nitrogens with one attached hydrogen (secondary N) is 1. The molecular weight excluding hydrogens is 290 g/mol. The number of sulfonamides is 1. The zero-order valence-electron chi connectivity index (χ0n) is 11.4. The average Bonchev–Trinajstić information content (AvgIpc) is 2.48. The summed E-state index contributed by atoms with van der Waals surface area (Å²) in [5.41, 5.74) is 0.897. The molecule has 1 atom stereocenters. The first-order valence-electron chi connectivity index (χ1n) is 6.31. The fourth-order valence-corrected chi connectivity index (χ4v) is 3.12. The van der Waals surface area contributed by atoms with Crippen molar-refractivity contribution in [1.29, 1.82) is 0 Å². The van der Waals surface area contributed by atoms with Gasteiger partial charge >= 0.3 is 5.97 Å². The molecule has 0 aromatic heterocycles. The fraction of sp³-hybridized carbons (Fsp3) is 0.133. The maximum Gasteiger partial charge on any atom is 0.335 e. The van der Waals surface area contributed by atoms with Crippen LogP contribution in [0.3, 0.4) is 0 Å². The van der Waals surface area contributed by atoms with Crippen molar-refractivity contribution in [2.24, 2.45) is 0 Å². The Morgan fingerprint density at radius 2 is 1.62 bits per heavy atom. The summed E-state index contributed by atoms with van der Waals surface area (Å²) < 4.78 is 27.0. The van der Waals surface area contributed by atoms with Crippen LogP contribution in [0.2, 0.25) is 0 Å². The number of hydrogen-bond acceptors (Lipinski definition) is 3. The molecule has 0 bridgehead atoms. The predicted molar refractivity (Wildman–Crippen MR) is 78.6 cm³/mol. The van der Waals surface area contributed by atoms with E-state index in [1.807, 2.05) is 30.3 Å². The molecule has 5 nitrogen and oxygen atoms in total. The standard InChI is InChI=1S/C15H15NO4S/c1-11(12-5-3-2-4-6-12)16-21(19,20)14-9-7-13(8-10-14)15(17)18/h2-11,16H,1H3,(H,17,18)/t11-/m0/s1. The first kappa shape index (κ1) is 15.2. The topological polar surface area (TPSA) is 83.5 Å². The molecule has 2 N–H and O–H groups in total. The van der Waals surface area contributed by atoms with Crippen LogP contribution in [0.15, 0.2) is 59.5 Å².